The van der Waals surface area contributed by atoms with Gasteiger partial charge < -0.3 is 10.1 Å². The van der Waals surface area contributed by atoms with Crippen molar-refractivity contribution in [2.75, 3.05) is 7.05 Å². The van der Waals surface area contributed by atoms with E-state index in [1.54, 1.807) is 48.5 Å². The topological polar surface area (TPSA) is 58.6 Å². The fraction of sp³-hybridized carbons (Fsp3) is 0.0909. The van der Waals surface area contributed by atoms with Crippen LogP contribution in [0.3, 0.4) is 0 Å². The average molecular weight is 393 g/mol. The van der Waals surface area contributed by atoms with E-state index in [1.165, 1.54) is 7.05 Å². The number of ether oxygens (including phenoxy) is 1. The molecule has 28 heavy (non-hydrogen) atoms. The summed E-state index contributed by atoms with van der Waals surface area (Å²) >= 11 is 5.89. The molecular weight excluding hydrogens is 376 g/mol. The van der Waals surface area contributed by atoms with E-state index in [9.17, 15) is 9.59 Å². The molecule has 1 saturated heterocycles. The second-order valence-corrected chi connectivity index (χ2v) is 6.93. The molecule has 0 saturated carbocycles. The van der Waals surface area contributed by atoms with Gasteiger partial charge in [-0.25, -0.2) is 4.79 Å². The molecule has 140 valence electrons. The molecule has 0 spiro atoms. The molecule has 1 N–H and O–H groups in total. The Balaban J connectivity index is 1.71. The largest absolute Gasteiger partial charge is 0.457 e. The number of hydrogen-bond donors (Lipinski definition) is 1. The van der Waals surface area contributed by atoms with Crippen LogP contribution in [0.1, 0.15) is 11.1 Å². The first-order chi connectivity index (χ1) is 13.5. The van der Waals surface area contributed by atoms with Crippen molar-refractivity contribution >= 4 is 23.5 Å². The number of nitrogens with zero attached hydrogens (tertiary/aromatic N) is 1. The molecule has 3 aromatic carbocycles. The van der Waals surface area contributed by atoms with E-state index in [-0.39, 0.29) is 5.91 Å². The summed E-state index contributed by atoms with van der Waals surface area (Å²) in [6.45, 7) is 0. The van der Waals surface area contributed by atoms with Gasteiger partial charge in [-0.15, -0.1) is 0 Å². The number of urea groups is 1. The third kappa shape index (κ3) is 3.00. The minimum absolute atomic E-state index is 0.324. The quantitative estimate of drug-likeness (QED) is 0.662. The number of carbonyl (C=O) groups excluding carboxylic acids is 2. The molecule has 3 aromatic rings. The summed E-state index contributed by atoms with van der Waals surface area (Å²) in [6.07, 6.45) is 0. The highest BCUT2D eigenvalue weighted by Gasteiger charge is 2.52. The molecule has 6 heteroatoms. The van der Waals surface area contributed by atoms with Gasteiger partial charge in [-0.1, -0.05) is 54.1 Å². The Morgan fingerprint density at radius 2 is 1.36 bits per heavy atom. The van der Waals surface area contributed by atoms with Crippen LogP contribution in [-0.4, -0.2) is 23.9 Å². The van der Waals surface area contributed by atoms with E-state index < -0.39 is 11.6 Å². The minimum atomic E-state index is -1.26. The third-order valence-electron chi connectivity index (χ3n) is 4.77. The molecule has 1 aliphatic heterocycles. The lowest BCUT2D eigenvalue weighted by Gasteiger charge is -2.27. The van der Waals surface area contributed by atoms with E-state index in [0.717, 1.165) is 4.90 Å². The first kappa shape index (κ1) is 18.1. The summed E-state index contributed by atoms with van der Waals surface area (Å²) in [5.41, 5.74) is 0.0974. The number of likely N-dealkylation sites (N-methyl/N-ethyl adjacent to an activating group) is 1. The summed E-state index contributed by atoms with van der Waals surface area (Å²) in [5, 5.41) is 3.49. The SMILES string of the molecule is CN1C(=O)N[C@@](c2ccccc2)(c2ccc(Oc3ccc(Cl)cc3)cc2)C1=O. The van der Waals surface area contributed by atoms with Crippen molar-refractivity contribution in [3.8, 4) is 11.5 Å². The summed E-state index contributed by atoms with van der Waals surface area (Å²) in [5.74, 6) is 0.939. The lowest BCUT2D eigenvalue weighted by molar-refractivity contribution is -0.129. The van der Waals surface area contributed by atoms with Crippen LogP contribution >= 0.6 is 11.6 Å². The average Bonchev–Trinajstić information content (AvgIpc) is 2.96. The number of imide groups is 1. The number of halogens is 1. The molecular formula is C22H17ClN2O3. The monoisotopic (exact) mass is 392 g/mol. The van der Waals surface area contributed by atoms with Gasteiger partial charge >= 0.3 is 6.03 Å². The van der Waals surface area contributed by atoms with Gasteiger partial charge in [0.1, 0.15) is 11.5 Å². The Morgan fingerprint density at radius 1 is 0.821 bits per heavy atom. The molecule has 1 heterocycles. The van der Waals surface area contributed by atoms with Gasteiger partial charge in [-0.3, -0.25) is 9.69 Å². The van der Waals surface area contributed by atoms with Gasteiger partial charge in [0.05, 0.1) is 0 Å². The molecule has 3 amide bonds. The summed E-state index contributed by atoms with van der Waals surface area (Å²) in [7, 11) is 1.47. The van der Waals surface area contributed by atoms with Crippen molar-refractivity contribution in [1.29, 1.82) is 0 Å². The fourth-order valence-electron chi connectivity index (χ4n) is 3.30. The molecule has 0 radical (unpaired) electrons. The van der Waals surface area contributed by atoms with Crippen LogP contribution in [0, 0.1) is 0 Å². The highest BCUT2D eigenvalue weighted by molar-refractivity contribution is 6.30. The van der Waals surface area contributed by atoms with Gasteiger partial charge in [0.15, 0.2) is 5.54 Å². The van der Waals surface area contributed by atoms with Crippen LogP contribution in [0.15, 0.2) is 78.9 Å². The van der Waals surface area contributed by atoms with Crippen LogP contribution in [0.4, 0.5) is 4.79 Å². The van der Waals surface area contributed by atoms with Crippen molar-refractivity contribution in [2.24, 2.45) is 0 Å². The second-order valence-electron chi connectivity index (χ2n) is 6.49. The Bertz CT molecular complexity index is 1020. The molecule has 5 nitrogen and oxygen atoms in total. The molecule has 0 aromatic heterocycles. The lowest BCUT2D eigenvalue weighted by Crippen LogP contribution is -2.44. The fourth-order valence-corrected chi connectivity index (χ4v) is 3.43. The van der Waals surface area contributed by atoms with Gasteiger partial charge in [0, 0.05) is 12.1 Å². The predicted octanol–water partition coefficient (Wildman–Crippen LogP) is 4.56. The van der Waals surface area contributed by atoms with Gasteiger partial charge in [0.2, 0.25) is 0 Å². The van der Waals surface area contributed by atoms with E-state index in [2.05, 4.69) is 5.32 Å². The summed E-state index contributed by atoms with van der Waals surface area (Å²) in [6, 6.07) is 22.9. The number of nitrogens with one attached hydrogen (secondary N) is 1. The standard InChI is InChI=1S/C22H17ClN2O3/c1-25-20(26)22(24-21(25)27,15-5-3-2-4-6-15)16-7-11-18(12-8-16)28-19-13-9-17(23)10-14-19/h2-14H,1H3,(H,24,27)/t22-/m0/s1. The molecule has 1 fully saturated rings. The lowest BCUT2D eigenvalue weighted by atomic mass is 9.82. The van der Waals surface area contributed by atoms with Crippen LogP contribution in [-0.2, 0) is 10.3 Å². The predicted molar refractivity (Wildman–Crippen MR) is 106 cm³/mol. The molecule has 4 rings (SSSR count). The van der Waals surface area contributed by atoms with Crippen molar-refractivity contribution in [3.63, 3.8) is 0 Å². The number of hydrogen-bond acceptors (Lipinski definition) is 3. The molecule has 0 aliphatic carbocycles. The summed E-state index contributed by atoms with van der Waals surface area (Å²) in [4.78, 5) is 26.4. The van der Waals surface area contributed by atoms with Crippen LogP contribution in [0.25, 0.3) is 0 Å². The smallest absolute Gasteiger partial charge is 0.325 e. The molecule has 0 bridgehead atoms. The van der Waals surface area contributed by atoms with Gasteiger partial charge in [-0.05, 0) is 47.5 Å². The normalized spacial score (nSPS) is 18.9. The maximum Gasteiger partial charge on any atom is 0.325 e. The first-order valence-corrected chi connectivity index (χ1v) is 9.08. The Morgan fingerprint density at radius 3 is 1.89 bits per heavy atom. The zero-order chi connectivity index (χ0) is 19.7. The summed E-state index contributed by atoms with van der Waals surface area (Å²) < 4.78 is 5.82. The van der Waals surface area contributed by atoms with Crippen molar-refractivity contribution in [1.82, 2.24) is 10.2 Å². The minimum Gasteiger partial charge on any atom is -0.457 e. The Hall–Kier alpha value is -3.31. The van der Waals surface area contributed by atoms with Crippen LogP contribution in [0.2, 0.25) is 5.02 Å². The third-order valence-corrected chi connectivity index (χ3v) is 5.02. The zero-order valence-corrected chi connectivity index (χ0v) is 15.8. The zero-order valence-electron chi connectivity index (χ0n) is 15.1. The number of rotatable bonds is 4. The van der Waals surface area contributed by atoms with E-state index in [0.29, 0.717) is 27.6 Å². The highest BCUT2D eigenvalue weighted by Crippen LogP contribution is 2.36. The van der Waals surface area contributed by atoms with Crippen molar-refractivity contribution in [2.45, 2.75) is 5.54 Å². The molecule has 1 aliphatic rings. The Kier molecular flexibility index (Phi) is 4.53. The maximum absolute atomic E-state index is 13.0. The van der Waals surface area contributed by atoms with E-state index >= 15 is 0 Å². The van der Waals surface area contributed by atoms with E-state index in [1.807, 2.05) is 30.3 Å². The Labute approximate surface area is 167 Å². The van der Waals surface area contributed by atoms with Crippen LogP contribution in [0.5, 0.6) is 11.5 Å². The first-order valence-electron chi connectivity index (χ1n) is 8.70. The molecule has 0 unspecified atom stereocenters. The van der Waals surface area contributed by atoms with Crippen molar-refractivity contribution < 1.29 is 14.3 Å². The maximum atomic E-state index is 13.0. The van der Waals surface area contributed by atoms with Gasteiger partial charge in [0.25, 0.3) is 5.91 Å². The highest BCUT2D eigenvalue weighted by atomic mass is 35.5. The van der Waals surface area contributed by atoms with Crippen molar-refractivity contribution in [3.05, 3.63) is 95.0 Å². The number of benzene rings is 3. The number of carbonyl (C=O) groups is 2. The van der Waals surface area contributed by atoms with E-state index in [4.69, 9.17) is 16.3 Å². The molecule has 1 atom stereocenters. The van der Waals surface area contributed by atoms with Gasteiger partial charge in [-0.2, -0.15) is 0 Å². The second kappa shape index (κ2) is 7.02. The van der Waals surface area contributed by atoms with Crippen LogP contribution < -0.4 is 10.1 Å². The number of amides is 3.